The zero-order valence-electron chi connectivity index (χ0n) is 40.5. The molecule has 0 aromatic rings. The minimum atomic E-state index is -0.0651. The Hall–Kier alpha value is -0.860. The van der Waals surface area contributed by atoms with E-state index in [-0.39, 0.29) is 5.97 Å². The van der Waals surface area contributed by atoms with Crippen LogP contribution in [0.5, 0.6) is 0 Å². The van der Waals surface area contributed by atoms with Gasteiger partial charge in [0.2, 0.25) is 0 Å². The summed E-state index contributed by atoms with van der Waals surface area (Å²) in [4.78, 5) is 21.1. The minimum absolute atomic E-state index is 0.0651. The molecule has 3 nitrogen and oxygen atoms in total. The van der Waals surface area contributed by atoms with E-state index in [0.717, 1.165) is 25.5 Å². The minimum Gasteiger partial charge on any atom is -0.469 e. The van der Waals surface area contributed by atoms with Crippen LogP contribution in [0.2, 0.25) is 0 Å². The number of esters is 1. The predicted octanol–water partition coefficient (Wildman–Crippen LogP) is 19.7. The summed E-state index contributed by atoms with van der Waals surface area (Å²) < 4.78 is 4.63. The summed E-state index contributed by atoms with van der Waals surface area (Å²) >= 11 is 0. The van der Waals surface area contributed by atoms with Crippen molar-refractivity contribution in [2.24, 2.45) is 0 Å². The Morgan fingerprint density at radius 3 is 0.649 bits per heavy atom. The summed E-state index contributed by atoms with van der Waals surface area (Å²) in [6.07, 6.45) is 65.4. The third-order valence-electron chi connectivity index (χ3n) is 11.8. The highest BCUT2D eigenvalue weighted by molar-refractivity contribution is 5.68. The van der Waals surface area contributed by atoms with Crippen LogP contribution in [-0.2, 0) is 14.3 Å². The maximum Gasteiger partial charge on any atom is 0.305 e. The van der Waals surface area contributed by atoms with Crippen molar-refractivity contribution in [3.63, 3.8) is 0 Å². The number of hydrogen-bond acceptors (Lipinski definition) is 3. The lowest BCUT2D eigenvalue weighted by atomic mass is 10.0. The Balaban J connectivity index is -0.000000772. The predicted molar refractivity (Wildman–Crippen MR) is 258 cm³/mol. The standard InChI is InChI=1S/C19H38O2.C18H36O.C17H36/c1-3-4-5-6-7-8-9-10-11-12-13-14-15-16-17-18-19(20)21-2;1-2-3-4-5-6-7-8-9-10-11-12-13-14-15-16-17-18-19;1-3-5-7-9-11-13-15-17-16-14-12-10-8-6-4-2/h3-18H2,1-2H3;18H,2-17H2,1H3;3-17H2,1-2H3. The van der Waals surface area contributed by atoms with E-state index in [0.29, 0.717) is 6.42 Å². The van der Waals surface area contributed by atoms with Gasteiger partial charge in [-0.1, -0.05) is 304 Å². The second kappa shape index (κ2) is 61.8. The molecule has 0 spiro atoms. The number of carbonyl (C=O) groups is 2. The van der Waals surface area contributed by atoms with Gasteiger partial charge in [-0.3, -0.25) is 4.79 Å². The molecule has 0 bridgehead atoms. The van der Waals surface area contributed by atoms with E-state index in [1.165, 1.54) is 283 Å². The van der Waals surface area contributed by atoms with Crippen LogP contribution in [0.1, 0.15) is 329 Å². The molecule has 0 saturated heterocycles. The van der Waals surface area contributed by atoms with Gasteiger partial charge in [0.15, 0.2) is 0 Å². The Morgan fingerprint density at radius 1 is 0.298 bits per heavy atom. The topological polar surface area (TPSA) is 43.4 Å². The van der Waals surface area contributed by atoms with Crippen LogP contribution in [-0.4, -0.2) is 19.4 Å². The first kappa shape index (κ1) is 60.4. The molecule has 0 radical (unpaired) electrons. The van der Waals surface area contributed by atoms with Crippen molar-refractivity contribution in [1.82, 2.24) is 0 Å². The summed E-state index contributed by atoms with van der Waals surface area (Å²) in [7, 11) is 1.47. The zero-order chi connectivity index (χ0) is 42.2. The zero-order valence-corrected chi connectivity index (χ0v) is 40.5. The molecule has 0 aliphatic heterocycles. The molecule has 0 aromatic heterocycles. The van der Waals surface area contributed by atoms with E-state index in [2.05, 4.69) is 32.4 Å². The van der Waals surface area contributed by atoms with Crippen LogP contribution in [0, 0.1) is 0 Å². The Morgan fingerprint density at radius 2 is 0.474 bits per heavy atom. The smallest absolute Gasteiger partial charge is 0.305 e. The molecule has 0 N–H and O–H groups in total. The van der Waals surface area contributed by atoms with E-state index in [1.807, 2.05) is 0 Å². The fourth-order valence-corrected chi connectivity index (χ4v) is 7.79. The lowest BCUT2D eigenvalue weighted by Gasteiger charge is -2.03. The van der Waals surface area contributed by atoms with Crippen molar-refractivity contribution in [2.45, 2.75) is 329 Å². The van der Waals surface area contributed by atoms with Crippen LogP contribution in [0.3, 0.4) is 0 Å². The van der Waals surface area contributed by atoms with Crippen molar-refractivity contribution in [3.05, 3.63) is 0 Å². The van der Waals surface area contributed by atoms with Crippen molar-refractivity contribution in [3.8, 4) is 0 Å². The second-order valence-corrected chi connectivity index (χ2v) is 17.8. The highest BCUT2D eigenvalue weighted by Gasteiger charge is 2.00. The van der Waals surface area contributed by atoms with Gasteiger partial charge in [0.05, 0.1) is 7.11 Å². The average Bonchev–Trinajstić information content (AvgIpc) is 3.23. The summed E-state index contributed by atoms with van der Waals surface area (Å²) in [5.41, 5.74) is 0. The largest absolute Gasteiger partial charge is 0.469 e. The number of aldehydes is 1. The number of ether oxygens (including phenoxy) is 1. The molecule has 0 aromatic carbocycles. The molecule has 0 rings (SSSR count). The fourth-order valence-electron chi connectivity index (χ4n) is 7.79. The molecule has 0 atom stereocenters. The van der Waals surface area contributed by atoms with Crippen LogP contribution < -0.4 is 0 Å². The Labute approximate surface area is 362 Å². The van der Waals surface area contributed by atoms with Gasteiger partial charge in [0.1, 0.15) is 6.29 Å². The lowest BCUT2D eigenvalue weighted by Crippen LogP contribution is -1.99. The van der Waals surface area contributed by atoms with Crippen LogP contribution in [0.25, 0.3) is 0 Å². The maximum absolute atomic E-state index is 10.9. The van der Waals surface area contributed by atoms with Crippen molar-refractivity contribution in [2.75, 3.05) is 7.11 Å². The highest BCUT2D eigenvalue weighted by Crippen LogP contribution is 2.16. The monoisotopic (exact) mass is 807 g/mol. The van der Waals surface area contributed by atoms with Gasteiger partial charge >= 0.3 is 5.97 Å². The number of unbranched alkanes of at least 4 members (excludes halogenated alkanes) is 43. The summed E-state index contributed by atoms with van der Waals surface area (Å²) in [6, 6.07) is 0. The number of carbonyl (C=O) groups excluding carboxylic acids is 2. The van der Waals surface area contributed by atoms with Crippen LogP contribution in [0.15, 0.2) is 0 Å². The molecule has 3 heteroatoms. The van der Waals surface area contributed by atoms with Crippen LogP contribution >= 0.6 is 0 Å². The third-order valence-corrected chi connectivity index (χ3v) is 11.8. The van der Waals surface area contributed by atoms with Gasteiger partial charge in [-0.05, 0) is 12.8 Å². The molecule has 0 unspecified atom stereocenters. The van der Waals surface area contributed by atoms with Crippen molar-refractivity contribution < 1.29 is 14.3 Å². The van der Waals surface area contributed by atoms with Gasteiger partial charge in [0, 0.05) is 12.8 Å². The molecule has 0 saturated carbocycles. The highest BCUT2D eigenvalue weighted by atomic mass is 16.5. The number of hydrogen-bond donors (Lipinski definition) is 0. The SMILES string of the molecule is CCCCCCCCCCCCCCCCC.CCCCCCCCCCCCCCCCCC(=O)OC.CCCCCCCCCCCCCCCCCC=O. The molecule has 0 heterocycles. The molecule has 0 aliphatic rings. The molecular weight excluding hydrogens is 697 g/mol. The normalized spacial score (nSPS) is 10.8. The van der Waals surface area contributed by atoms with Crippen molar-refractivity contribution >= 4 is 12.3 Å². The Bertz CT molecular complexity index is 662. The van der Waals surface area contributed by atoms with E-state index in [4.69, 9.17) is 0 Å². The molecule has 57 heavy (non-hydrogen) atoms. The van der Waals surface area contributed by atoms with E-state index in [9.17, 15) is 9.59 Å². The average molecular weight is 807 g/mol. The molecule has 344 valence electrons. The van der Waals surface area contributed by atoms with Gasteiger partial charge in [-0.25, -0.2) is 0 Å². The first-order chi connectivity index (χ1) is 28.1. The van der Waals surface area contributed by atoms with Gasteiger partial charge in [-0.15, -0.1) is 0 Å². The molecular formula is C54H110O3. The molecule has 0 fully saturated rings. The maximum atomic E-state index is 10.9. The first-order valence-electron chi connectivity index (χ1n) is 26.6. The second-order valence-electron chi connectivity index (χ2n) is 17.8. The number of rotatable bonds is 46. The molecule has 0 aliphatic carbocycles. The lowest BCUT2D eigenvalue weighted by molar-refractivity contribution is -0.140. The molecule has 0 amide bonds. The fraction of sp³-hybridized carbons (Fsp3) is 0.963. The van der Waals surface area contributed by atoms with Gasteiger partial charge in [0.25, 0.3) is 0 Å². The van der Waals surface area contributed by atoms with Gasteiger partial charge < -0.3 is 9.53 Å². The summed E-state index contributed by atoms with van der Waals surface area (Å²) in [6.45, 7) is 9.14. The van der Waals surface area contributed by atoms with E-state index in [1.54, 1.807) is 0 Å². The quantitative estimate of drug-likeness (QED) is 0.0350. The Kier molecular flexibility index (Phi) is 65.5. The van der Waals surface area contributed by atoms with E-state index >= 15 is 0 Å². The van der Waals surface area contributed by atoms with Crippen molar-refractivity contribution in [1.29, 1.82) is 0 Å². The number of methoxy groups -OCH3 is 1. The van der Waals surface area contributed by atoms with Crippen LogP contribution in [0.4, 0.5) is 0 Å². The van der Waals surface area contributed by atoms with E-state index < -0.39 is 0 Å². The summed E-state index contributed by atoms with van der Waals surface area (Å²) in [5.74, 6) is -0.0651. The van der Waals surface area contributed by atoms with Gasteiger partial charge in [-0.2, -0.15) is 0 Å². The first-order valence-corrected chi connectivity index (χ1v) is 26.6. The summed E-state index contributed by atoms with van der Waals surface area (Å²) in [5, 5.41) is 0. The third kappa shape index (κ3) is 67.2.